The van der Waals surface area contributed by atoms with Crippen LogP contribution in [0.15, 0.2) is 12.1 Å². The van der Waals surface area contributed by atoms with Gasteiger partial charge in [0.25, 0.3) is 0 Å². The van der Waals surface area contributed by atoms with Crippen LogP contribution in [0.4, 0.5) is 39.5 Å². The quantitative estimate of drug-likeness (QED) is 0.644. The van der Waals surface area contributed by atoms with Gasteiger partial charge in [-0.15, -0.1) is 0 Å². The first-order valence-electron chi connectivity index (χ1n) is 5.69. The Morgan fingerprint density at radius 3 is 1.88 bits per heavy atom. The van der Waals surface area contributed by atoms with Gasteiger partial charge in [0.1, 0.15) is 5.52 Å². The van der Waals surface area contributed by atoms with Gasteiger partial charge in [0, 0.05) is 0 Å². The number of fused-ring (bicyclic) bond motifs is 1. The fourth-order valence-electron chi connectivity index (χ4n) is 1.69. The monoisotopic (exact) mass is 404 g/mol. The van der Waals surface area contributed by atoms with E-state index in [1.54, 1.807) is 4.98 Å². The number of rotatable bonds is 3. The lowest BCUT2D eigenvalue weighted by molar-refractivity contribution is -0.400. The number of nitrogens with zero attached hydrogens (tertiary/aromatic N) is 1. The zero-order chi connectivity index (χ0) is 18.7. The number of aromatic nitrogens is 2. The molecule has 0 radical (unpaired) electrons. The Labute approximate surface area is 136 Å². The van der Waals surface area contributed by atoms with Gasteiger partial charge < -0.3 is 4.98 Å². The van der Waals surface area contributed by atoms with Crippen molar-refractivity contribution >= 4 is 34.2 Å². The van der Waals surface area contributed by atoms with Gasteiger partial charge in [-0.2, -0.15) is 39.5 Å². The van der Waals surface area contributed by atoms with E-state index in [-0.39, 0.29) is 5.02 Å². The molecule has 0 bridgehead atoms. The van der Waals surface area contributed by atoms with E-state index in [4.69, 9.17) is 23.2 Å². The maximum absolute atomic E-state index is 13.7. The lowest BCUT2D eigenvalue weighted by atomic mass is 10.0. The first-order chi connectivity index (χ1) is 10.6. The molecule has 0 saturated heterocycles. The molecule has 13 heteroatoms. The molecule has 2 aromatic rings. The molecule has 1 N–H and O–H groups in total. The van der Waals surface area contributed by atoms with E-state index in [2.05, 4.69) is 4.98 Å². The van der Waals surface area contributed by atoms with Gasteiger partial charge in [0.2, 0.25) is 0 Å². The summed E-state index contributed by atoms with van der Waals surface area (Å²) in [5.41, 5.74) is -1.00. The predicted molar refractivity (Wildman–Crippen MR) is 66.0 cm³/mol. The Kier molecular flexibility index (Phi) is 4.20. The van der Waals surface area contributed by atoms with E-state index >= 15 is 0 Å². The largest absolute Gasteiger partial charge is 0.460 e. The van der Waals surface area contributed by atoms with Crippen molar-refractivity contribution in [1.29, 1.82) is 0 Å². The van der Waals surface area contributed by atoms with Crippen molar-refractivity contribution < 1.29 is 39.5 Å². The predicted octanol–water partition coefficient (Wildman–Crippen LogP) is 5.79. The van der Waals surface area contributed by atoms with Gasteiger partial charge in [-0.3, -0.25) is 0 Å². The van der Waals surface area contributed by atoms with Crippen LogP contribution >= 0.6 is 23.2 Å². The third-order valence-corrected chi connectivity index (χ3v) is 3.78. The number of hydrogen-bond donors (Lipinski definition) is 1. The molecule has 0 aliphatic rings. The Balaban J connectivity index is 2.64. The number of imidazole rings is 1. The van der Waals surface area contributed by atoms with Crippen LogP contribution in [-0.4, -0.2) is 28.0 Å². The second-order valence-corrected chi connectivity index (χ2v) is 5.35. The lowest BCUT2D eigenvalue weighted by Gasteiger charge is -2.32. The summed E-state index contributed by atoms with van der Waals surface area (Å²) in [6, 6.07) is 2.00. The molecule has 0 unspecified atom stereocenters. The van der Waals surface area contributed by atoms with E-state index in [9.17, 15) is 39.5 Å². The van der Waals surface area contributed by atoms with E-state index in [1.807, 2.05) is 0 Å². The van der Waals surface area contributed by atoms with E-state index in [0.717, 1.165) is 12.1 Å². The second-order valence-electron chi connectivity index (χ2n) is 4.56. The Hall–Kier alpha value is -1.36. The highest BCUT2D eigenvalue weighted by Gasteiger charge is 2.82. The van der Waals surface area contributed by atoms with Crippen molar-refractivity contribution in [2.24, 2.45) is 0 Å². The molecule has 0 fully saturated rings. The van der Waals surface area contributed by atoms with E-state index < -0.39 is 45.8 Å². The molecule has 2 nitrogen and oxygen atoms in total. The molecule has 134 valence electrons. The van der Waals surface area contributed by atoms with Crippen LogP contribution in [0.25, 0.3) is 11.0 Å². The Bertz CT molecular complexity index is 782. The number of hydrogen-bond acceptors (Lipinski definition) is 1. The molecule has 0 atom stereocenters. The van der Waals surface area contributed by atoms with Crippen molar-refractivity contribution in [3.05, 3.63) is 28.0 Å². The molecule has 0 spiro atoms. The number of aromatic amines is 1. The summed E-state index contributed by atoms with van der Waals surface area (Å²) in [5, 5.41) is -0.698. The average Bonchev–Trinajstić information content (AvgIpc) is 2.86. The fourth-order valence-corrected chi connectivity index (χ4v) is 2.05. The van der Waals surface area contributed by atoms with Gasteiger partial charge in [-0.05, 0) is 12.1 Å². The van der Waals surface area contributed by atoms with Crippen molar-refractivity contribution in [3.8, 4) is 0 Å². The molecule has 1 aromatic heterocycles. The van der Waals surface area contributed by atoms with Gasteiger partial charge in [0.15, 0.2) is 5.82 Å². The van der Waals surface area contributed by atoms with Gasteiger partial charge in [-0.1, -0.05) is 23.2 Å². The highest BCUT2D eigenvalue weighted by molar-refractivity contribution is 6.44. The van der Waals surface area contributed by atoms with Crippen LogP contribution in [-0.2, 0) is 5.92 Å². The third kappa shape index (κ3) is 2.48. The van der Waals surface area contributed by atoms with Crippen LogP contribution < -0.4 is 0 Å². The summed E-state index contributed by atoms with van der Waals surface area (Å²) >= 11 is 11.1. The topological polar surface area (TPSA) is 28.7 Å². The summed E-state index contributed by atoms with van der Waals surface area (Å²) in [5.74, 6) is -21.9. The Morgan fingerprint density at radius 2 is 1.38 bits per heavy atom. The third-order valence-electron chi connectivity index (χ3n) is 2.99. The molecule has 24 heavy (non-hydrogen) atoms. The van der Waals surface area contributed by atoms with Gasteiger partial charge in [-0.25, -0.2) is 4.98 Å². The second kappa shape index (κ2) is 5.32. The standard InChI is InChI=1S/C11H3Cl2F9N2/c12-3-1-2-4-6(5(3)13)24-7(23-4)8(14,15)9(16,17)10(18,19)11(20,21)22/h1-2H,(H,23,24). The Morgan fingerprint density at radius 1 is 0.833 bits per heavy atom. The number of H-pyrrole nitrogens is 1. The van der Waals surface area contributed by atoms with Gasteiger partial charge in [0.05, 0.1) is 15.6 Å². The maximum Gasteiger partial charge on any atom is 0.460 e. The van der Waals surface area contributed by atoms with Crippen molar-refractivity contribution in [1.82, 2.24) is 9.97 Å². The molecule has 1 aromatic carbocycles. The van der Waals surface area contributed by atoms with Crippen molar-refractivity contribution in [3.63, 3.8) is 0 Å². The van der Waals surface area contributed by atoms with Crippen LogP contribution in [0.3, 0.4) is 0 Å². The number of halogens is 11. The number of alkyl halides is 9. The van der Waals surface area contributed by atoms with Crippen LogP contribution in [0, 0.1) is 0 Å². The van der Waals surface area contributed by atoms with Crippen LogP contribution in [0.2, 0.25) is 10.0 Å². The molecule has 2 rings (SSSR count). The van der Waals surface area contributed by atoms with Crippen molar-refractivity contribution in [2.75, 3.05) is 0 Å². The fraction of sp³-hybridized carbons (Fsp3) is 0.364. The molecule has 0 amide bonds. The first kappa shape index (κ1) is 19.0. The molecule has 1 heterocycles. The van der Waals surface area contributed by atoms with Crippen LogP contribution in [0.1, 0.15) is 5.82 Å². The molecule has 0 saturated carbocycles. The summed E-state index contributed by atoms with van der Waals surface area (Å²) in [4.78, 5) is 4.45. The minimum Gasteiger partial charge on any atom is -0.337 e. The smallest absolute Gasteiger partial charge is 0.337 e. The van der Waals surface area contributed by atoms with E-state index in [0.29, 0.717) is 0 Å². The summed E-state index contributed by atoms with van der Waals surface area (Å²) in [6.07, 6.45) is -6.91. The highest BCUT2D eigenvalue weighted by Crippen LogP contribution is 2.56. The normalized spacial score (nSPS) is 14.5. The average molecular weight is 405 g/mol. The first-order valence-corrected chi connectivity index (χ1v) is 6.44. The van der Waals surface area contributed by atoms with E-state index in [1.165, 1.54) is 0 Å². The van der Waals surface area contributed by atoms with Gasteiger partial charge >= 0.3 is 23.9 Å². The zero-order valence-corrected chi connectivity index (χ0v) is 12.3. The highest BCUT2D eigenvalue weighted by atomic mass is 35.5. The summed E-state index contributed by atoms with van der Waals surface area (Å²) in [7, 11) is 0. The molecular formula is C11H3Cl2F9N2. The summed E-state index contributed by atoms with van der Waals surface area (Å²) < 4.78 is 116. The lowest BCUT2D eigenvalue weighted by Crippen LogP contribution is -2.59. The SMILES string of the molecule is FC(F)(F)C(F)(F)C(F)(F)C(F)(F)c1nc2c(Cl)c(Cl)ccc2[nH]1. The van der Waals surface area contributed by atoms with Crippen molar-refractivity contribution in [2.45, 2.75) is 23.9 Å². The molecule has 0 aliphatic carbocycles. The van der Waals surface area contributed by atoms with Crippen LogP contribution in [0.5, 0.6) is 0 Å². The maximum atomic E-state index is 13.7. The molecular weight excluding hydrogens is 402 g/mol. The number of benzene rings is 1. The zero-order valence-electron chi connectivity index (χ0n) is 10.8. The summed E-state index contributed by atoms with van der Waals surface area (Å²) in [6.45, 7) is 0. The number of nitrogens with one attached hydrogen (secondary N) is 1. The molecule has 0 aliphatic heterocycles. The minimum atomic E-state index is -7.01. The minimum absolute atomic E-state index is 0.224.